The molecule has 0 saturated heterocycles. The van der Waals surface area contributed by atoms with Gasteiger partial charge in [0.25, 0.3) is 0 Å². The maximum atomic E-state index is 12.9. The molecule has 1 saturated carbocycles. The fraction of sp³-hybridized carbons (Fsp3) is 0.688. The van der Waals surface area contributed by atoms with Gasteiger partial charge in [-0.3, -0.25) is 4.98 Å². The molecule has 1 aliphatic carbocycles. The second-order valence-corrected chi connectivity index (χ2v) is 6.17. The quantitative estimate of drug-likeness (QED) is 0.870. The fourth-order valence-electron chi connectivity index (χ4n) is 3.16. The molecule has 0 aromatic carbocycles. The fourth-order valence-corrected chi connectivity index (χ4v) is 3.16. The molecule has 3 atom stereocenters. The van der Waals surface area contributed by atoms with Crippen molar-refractivity contribution in [3.63, 3.8) is 0 Å². The third-order valence-corrected chi connectivity index (χ3v) is 4.26. The minimum Gasteiger partial charge on any atom is -0.389 e. The predicted octanol–water partition coefficient (Wildman–Crippen LogP) is 3.20. The van der Waals surface area contributed by atoms with Crippen LogP contribution in [-0.2, 0) is 0 Å². The van der Waals surface area contributed by atoms with Gasteiger partial charge in [-0.05, 0) is 37.3 Å². The zero-order valence-electron chi connectivity index (χ0n) is 12.4. The highest BCUT2D eigenvalue weighted by Gasteiger charge is 2.32. The lowest BCUT2D eigenvalue weighted by Crippen LogP contribution is -2.45. The number of rotatable bonds is 5. The lowest BCUT2D eigenvalue weighted by molar-refractivity contribution is -0.0139. The van der Waals surface area contributed by atoms with Crippen LogP contribution in [0.2, 0.25) is 0 Å². The van der Waals surface area contributed by atoms with Crippen LogP contribution in [0.4, 0.5) is 4.39 Å². The van der Waals surface area contributed by atoms with Gasteiger partial charge >= 0.3 is 0 Å². The van der Waals surface area contributed by atoms with E-state index in [2.05, 4.69) is 24.1 Å². The van der Waals surface area contributed by atoms with E-state index < -0.39 is 5.60 Å². The van der Waals surface area contributed by atoms with E-state index >= 15 is 0 Å². The van der Waals surface area contributed by atoms with Gasteiger partial charge in [-0.25, -0.2) is 4.39 Å². The summed E-state index contributed by atoms with van der Waals surface area (Å²) < 4.78 is 12.9. The molecule has 3 nitrogen and oxygen atoms in total. The Kier molecular flexibility index (Phi) is 5.11. The van der Waals surface area contributed by atoms with Crippen molar-refractivity contribution in [1.82, 2.24) is 10.3 Å². The molecule has 1 fully saturated rings. The topological polar surface area (TPSA) is 45.1 Å². The molecular formula is C16H25FN2O. The molecule has 1 heterocycles. The number of hydrogen-bond acceptors (Lipinski definition) is 3. The number of hydrogen-bond donors (Lipinski definition) is 2. The van der Waals surface area contributed by atoms with Gasteiger partial charge in [0, 0.05) is 12.6 Å². The largest absolute Gasteiger partial charge is 0.389 e. The summed E-state index contributed by atoms with van der Waals surface area (Å²) in [7, 11) is 0. The predicted molar refractivity (Wildman–Crippen MR) is 77.8 cm³/mol. The highest BCUT2D eigenvalue weighted by Crippen LogP contribution is 2.32. The highest BCUT2D eigenvalue weighted by molar-refractivity contribution is 5.10. The van der Waals surface area contributed by atoms with E-state index in [0.717, 1.165) is 31.4 Å². The second-order valence-electron chi connectivity index (χ2n) is 6.17. The molecule has 0 spiro atoms. The molecule has 112 valence electrons. The number of aliphatic hydroxyl groups is 1. The molecule has 1 aromatic rings. The SMILES string of the molecule is CCC(NCC1(O)CCCC(C)C1)c1ccc(F)cn1. The summed E-state index contributed by atoms with van der Waals surface area (Å²) in [6.45, 7) is 4.84. The van der Waals surface area contributed by atoms with Gasteiger partial charge in [-0.1, -0.05) is 26.7 Å². The molecule has 2 rings (SSSR count). The maximum absolute atomic E-state index is 12.9. The van der Waals surface area contributed by atoms with E-state index in [9.17, 15) is 9.50 Å². The monoisotopic (exact) mass is 280 g/mol. The van der Waals surface area contributed by atoms with Gasteiger partial charge in [0.2, 0.25) is 0 Å². The summed E-state index contributed by atoms with van der Waals surface area (Å²) in [5.41, 5.74) is 0.229. The molecule has 0 amide bonds. The van der Waals surface area contributed by atoms with E-state index in [1.165, 1.54) is 18.7 Å². The minimum atomic E-state index is -0.606. The van der Waals surface area contributed by atoms with Crippen LogP contribution in [0.3, 0.4) is 0 Å². The Labute approximate surface area is 120 Å². The molecule has 0 bridgehead atoms. The molecule has 20 heavy (non-hydrogen) atoms. The van der Waals surface area contributed by atoms with Crippen LogP contribution in [0.15, 0.2) is 18.3 Å². The standard InChI is InChI=1S/C16H25FN2O/c1-3-14(15-7-6-13(17)10-18-15)19-11-16(20)8-4-5-12(2)9-16/h6-7,10,12,14,19-20H,3-5,8-9,11H2,1-2H3. The summed E-state index contributed by atoms with van der Waals surface area (Å²) in [6.07, 6.45) is 6.12. The van der Waals surface area contributed by atoms with Gasteiger partial charge in [0.1, 0.15) is 5.82 Å². The van der Waals surface area contributed by atoms with E-state index in [4.69, 9.17) is 0 Å². The number of pyridine rings is 1. The van der Waals surface area contributed by atoms with Crippen LogP contribution in [0.1, 0.15) is 57.7 Å². The van der Waals surface area contributed by atoms with Crippen LogP contribution in [0.5, 0.6) is 0 Å². The maximum Gasteiger partial charge on any atom is 0.141 e. The van der Waals surface area contributed by atoms with Crippen molar-refractivity contribution in [2.24, 2.45) is 5.92 Å². The minimum absolute atomic E-state index is 0.0665. The van der Waals surface area contributed by atoms with Crippen LogP contribution >= 0.6 is 0 Å². The third kappa shape index (κ3) is 4.00. The smallest absolute Gasteiger partial charge is 0.141 e. The van der Waals surface area contributed by atoms with Crippen molar-refractivity contribution in [2.75, 3.05) is 6.54 Å². The molecule has 0 radical (unpaired) electrons. The first-order chi connectivity index (χ1) is 9.52. The first kappa shape index (κ1) is 15.4. The lowest BCUT2D eigenvalue weighted by atomic mass is 9.79. The van der Waals surface area contributed by atoms with E-state index in [0.29, 0.717) is 12.5 Å². The van der Waals surface area contributed by atoms with Crippen molar-refractivity contribution in [3.05, 3.63) is 29.8 Å². The summed E-state index contributed by atoms with van der Waals surface area (Å²) in [5, 5.41) is 14.0. The van der Waals surface area contributed by atoms with Crippen molar-refractivity contribution in [3.8, 4) is 0 Å². The summed E-state index contributed by atoms with van der Waals surface area (Å²) in [5.74, 6) is 0.267. The van der Waals surface area contributed by atoms with Crippen molar-refractivity contribution in [2.45, 2.75) is 57.6 Å². The number of halogens is 1. The molecule has 2 N–H and O–H groups in total. The Morgan fingerprint density at radius 2 is 2.35 bits per heavy atom. The first-order valence-corrected chi connectivity index (χ1v) is 7.59. The van der Waals surface area contributed by atoms with Gasteiger partial charge in [-0.15, -0.1) is 0 Å². The van der Waals surface area contributed by atoms with Crippen molar-refractivity contribution in [1.29, 1.82) is 0 Å². The Hall–Kier alpha value is -1.00. The molecule has 3 unspecified atom stereocenters. The molecule has 4 heteroatoms. The zero-order chi connectivity index (χ0) is 14.6. The second kappa shape index (κ2) is 6.64. The molecule has 0 aliphatic heterocycles. The molecule has 1 aliphatic rings. The summed E-state index contributed by atoms with van der Waals surface area (Å²) in [6, 6.07) is 3.21. The van der Waals surface area contributed by atoms with Gasteiger partial charge < -0.3 is 10.4 Å². The van der Waals surface area contributed by atoms with Crippen LogP contribution in [-0.4, -0.2) is 22.2 Å². The number of nitrogens with one attached hydrogen (secondary N) is 1. The van der Waals surface area contributed by atoms with E-state index in [-0.39, 0.29) is 11.9 Å². The van der Waals surface area contributed by atoms with E-state index in [1.807, 2.05) is 0 Å². The zero-order valence-corrected chi connectivity index (χ0v) is 12.4. The Morgan fingerprint density at radius 1 is 1.55 bits per heavy atom. The van der Waals surface area contributed by atoms with Crippen molar-refractivity contribution < 1.29 is 9.50 Å². The van der Waals surface area contributed by atoms with E-state index in [1.54, 1.807) is 6.07 Å². The Balaban J connectivity index is 1.95. The molecular weight excluding hydrogens is 255 g/mol. The third-order valence-electron chi connectivity index (χ3n) is 4.26. The lowest BCUT2D eigenvalue weighted by Gasteiger charge is -2.36. The van der Waals surface area contributed by atoms with Crippen molar-refractivity contribution >= 4 is 0 Å². The normalized spacial score (nSPS) is 28.3. The number of aromatic nitrogens is 1. The Bertz CT molecular complexity index is 423. The first-order valence-electron chi connectivity index (χ1n) is 7.59. The van der Waals surface area contributed by atoms with Gasteiger partial charge in [0.15, 0.2) is 0 Å². The van der Waals surface area contributed by atoms with Crippen LogP contribution in [0.25, 0.3) is 0 Å². The Morgan fingerprint density at radius 3 is 2.95 bits per heavy atom. The molecule has 1 aromatic heterocycles. The van der Waals surface area contributed by atoms with Crippen LogP contribution in [0, 0.1) is 11.7 Å². The summed E-state index contributed by atoms with van der Waals surface area (Å²) in [4.78, 5) is 4.13. The van der Waals surface area contributed by atoms with Gasteiger partial charge in [0.05, 0.1) is 17.5 Å². The van der Waals surface area contributed by atoms with Gasteiger partial charge in [-0.2, -0.15) is 0 Å². The highest BCUT2D eigenvalue weighted by atomic mass is 19.1. The average Bonchev–Trinajstić information content (AvgIpc) is 2.41. The summed E-state index contributed by atoms with van der Waals surface area (Å²) >= 11 is 0. The van der Waals surface area contributed by atoms with Crippen LogP contribution < -0.4 is 5.32 Å². The number of nitrogens with zero attached hydrogens (tertiary/aromatic N) is 1. The average molecular weight is 280 g/mol.